The Morgan fingerprint density at radius 1 is 1.05 bits per heavy atom. The fourth-order valence-corrected chi connectivity index (χ4v) is 2.21. The van der Waals surface area contributed by atoms with Gasteiger partial charge in [0.2, 0.25) is 0 Å². The zero-order valence-corrected chi connectivity index (χ0v) is 12.0. The van der Waals surface area contributed by atoms with Crippen LogP contribution in [0.25, 0.3) is 6.08 Å². The molecule has 4 nitrogen and oxygen atoms in total. The van der Waals surface area contributed by atoms with E-state index in [9.17, 15) is 9.90 Å². The minimum absolute atomic E-state index is 0.126. The number of phenols is 1. The molecule has 0 amide bonds. The molecule has 112 valence electrons. The molecule has 0 aromatic heterocycles. The van der Waals surface area contributed by atoms with E-state index in [0.29, 0.717) is 30.3 Å². The first-order valence-electron chi connectivity index (χ1n) is 7.13. The molecule has 1 aliphatic heterocycles. The standard InChI is InChI=1S/C18H16O4/c19-15-4-1-3-13(11-15)5-7-16(20)14-6-8-17-18(12-14)22-10-2-9-21-17/h1,3-8,11-12,19H,2,9-10H2. The number of carbonyl (C=O) groups is 1. The third-order valence-corrected chi connectivity index (χ3v) is 3.33. The van der Waals surface area contributed by atoms with E-state index in [2.05, 4.69) is 0 Å². The van der Waals surface area contributed by atoms with Crippen LogP contribution in [0.4, 0.5) is 0 Å². The maximum Gasteiger partial charge on any atom is 0.185 e. The molecular weight excluding hydrogens is 280 g/mol. The van der Waals surface area contributed by atoms with Gasteiger partial charge >= 0.3 is 0 Å². The minimum atomic E-state index is -0.126. The zero-order valence-electron chi connectivity index (χ0n) is 12.0. The van der Waals surface area contributed by atoms with Crippen molar-refractivity contribution in [3.63, 3.8) is 0 Å². The summed E-state index contributed by atoms with van der Waals surface area (Å²) in [5, 5.41) is 9.41. The first-order chi connectivity index (χ1) is 10.7. The Morgan fingerprint density at radius 3 is 2.68 bits per heavy atom. The van der Waals surface area contributed by atoms with E-state index in [0.717, 1.165) is 12.0 Å². The third-order valence-electron chi connectivity index (χ3n) is 3.33. The van der Waals surface area contributed by atoms with Crippen molar-refractivity contribution in [1.29, 1.82) is 0 Å². The Bertz CT molecular complexity index is 719. The van der Waals surface area contributed by atoms with Gasteiger partial charge in [0.25, 0.3) is 0 Å². The first kappa shape index (κ1) is 14.2. The lowest BCUT2D eigenvalue weighted by molar-refractivity contribution is 0.104. The van der Waals surface area contributed by atoms with E-state index in [-0.39, 0.29) is 11.5 Å². The first-order valence-corrected chi connectivity index (χ1v) is 7.13. The molecule has 3 rings (SSSR count). The number of fused-ring (bicyclic) bond motifs is 1. The average molecular weight is 296 g/mol. The summed E-state index contributed by atoms with van der Waals surface area (Å²) in [6, 6.07) is 11.9. The van der Waals surface area contributed by atoms with Gasteiger partial charge in [-0.25, -0.2) is 0 Å². The number of hydrogen-bond acceptors (Lipinski definition) is 4. The van der Waals surface area contributed by atoms with E-state index in [1.165, 1.54) is 6.08 Å². The normalized spacial score (nSPS) is 13.8. The van der Waals surface area contributed by atoms with Crippen LogP contribution in [-0.2, 0) is 0 Å². The van der Waals surface area contributed by atoms with Crippen molar-refractivity contribution in [1.82, 2.24) is 0 Å². The second-order valence-corrected chi connectivity index (χ2v) is 5.00. The summed E-state index contributed by atoms with van der Waals surface area (Å²) in [4.78, 5) is 12.2. The number of hydrogen-bond donors (Lipinski definition) is 1. The molecule has 0 fully saturated rings. The number of ketones is 1. The smallest absolute Gasteiger partial charge is 0.185 e. The van der Waals surface area contributed by atoms with Gasteiger partial charge in [0.05, 0.1) is 13.2 Å². The van der Waals surface area contributed by atoms with Crippen LogP contribution in [0.1, 0.15) is 22.3 Å². The second-order valence-electron chi connectivity index (χ2n) is 5.00. The van der Waals surface area contributed by atoms with Gasteiger partial charge in [-0.2, -0.15) is 0 Å². The van der Waals surface area contributed by atoms with Crippen molar-refractivity contribution >= 4 is 11.9 Å². The molecule has 0 saturated carbocycles. The lowest BCUT2D eigenvalue weighted by Crippen LogP contribution is -1.98. The fraction of sp³-hybridized carbons (Fsp3) is 0.167. The van der Waals surface area contributed by atoms with Crippen molar-refractivity contribution < 1.29 is 19.4 Å². The van der Waals surface area contributed by atoms with Crippen LogP contribution in [0.2, 0.25) is 0 Å². The van der Waals surface area contributed by atoms with E-state index in [1.807, 2.05) is 6.07 Å². The third kappa shape index (κ3) is 3.28. The van der Waals surface area contributed by atoms with E-state index < -0.39 is 0 Å². The van der Waals surface area contributed by atoms with Gasteiger partial charge in [0, 0.05) is 12.0 Å². The number of allylic oxidation sites excluding steroid dienone is 1. The number of ether oxygens (including phenoxy) is 2. The monoisotopic (exact) mass is 296 g/mol. The van der Waals surface area contributed by atoms with Gasteiger partial charge in [0.15, 0.2) is 17.3 Å². The quantitative estimate of drug-likeness (QED) is 0.696. The molecule has 0 bridgehead atoms. The maximum atomic E-state index is 12.2. The Labute approximate surface area is 128 Å². The predicted molar refractivity (Wildman–Crippen MR) is 83.5 cm³/mol. The Kier molecular flexibility index (Phi) is 4.10. The highest BCUT2D eigenvalue weighted by molar-refractivity contribution is 6.07. The number of carbonyl (C=O) groups excluding carboxylic acids is 1. The molecule has 4 heteroatoms. The van der Waals surface area contributed by atoms with E-state index >= 15 is 0 Å². The molecule has 0 unspecified atom stereocenters. The Balaban J connectivity index is 1.79. The molecule has 1 N–H and O–H groups in total. The molecule has 1 aliphatic rings. The van der Waals surface area contributed by atoms with Gasteiger partial charge in [-0.05, 0) is 42.0 Å². The number of aromatic hydroxyl groups is 1. The highest BCUT2D eigenvalue weighted by atomic mass is 16.5. The van der Waals surface area contributed by atoms with Gasteiger partial charge in [-0.1, -0.05) is 18.2 Å². The average Bonchev–Trinajstić information content (AvgIpc) is 2.77. The second kappa shape index (κ2) is 6.35. The molecule has 2 aromatic carbocycles. The topological polar surface area (TPSA) is 55.8 Å². The molecule has 22 heavy (non-hydrogen) atoms. The SMILES string of the molecule is O=C(C=Cc1cccc(O)c1)c1ccc2c(c1)OCCCO2. The summed E-state index contributed by atoms with van der Waals surface area (Å²) < 4.78 is 11.1. The van der Waals surface area contributed by atoms with Crippen LogP contribution >= 0.6 is 0 Å². The van der Waals surface area contributed by atoms with Crippen LogP contribution in [-0.4, -0.2) is 24.1 Å². The Hall–Kier alpha value is -2.75. The summed E-state index contributed by atoms with van der Waals surface area (Å²) in [7, 11) is 0. The summed E-state index contributed by atoms with van der Waals surface area (Å²) in [5.41, 5.74) is 1.31. The lowest BCUT2D eigenvalue weighted by atomic mass is 10.1. The van der Waals surface area contributed by atoms with Crippen molar-refractivity contribution in [2.24, 2.45) is 0 Å². The van der Waals surface area contributed by atoms with Gasteiger partial charge in [-0.3, -0.25) is 4.79 Å². The molecule has 0 radical (unpaired) electrons. The van der Waals surface area contributed by atoms with Crippen LogP contribution in [0, 0.1) is 0 Å². The Morgan fingerprint density at radius 2 is 1.86 bits per heavy atom. The highest BCUT2D eigenvalue weighted by Gasteiger charge is 2.12. The van der Waals surface area contributed by atoms with E-state index in [4.69, 9.17) is 9.47 Å². The van der Waals surface area contributed by atoms with E-state index in [1.54, 1.807) is 42.5 Å². The molecule has 2 aromatic rings. The molecule has 0 spiro atoms. The van der Waals surface area contributed by atoms with Gasteiger partial charge in [0.1, 0.15) is 5.75 Å². The number of benzene rings is 2. The summed E-state index contributed by atoms with van der Waals surface area (Å²) in [6.07, 6.45) is 3.98. The maximum absolute atomic E-state index is 12.2. The van der Waals surface area contributed by atoms with Crippen molar-refractivity contribution in [2.75, 3.05) is 13.2 Å². The van der Waals surface area contributed by atoms with Gasteiger partial charge < -0.3 is 14.6 Å². The van der Waals surface area contributed by atoms with Crippen LogP contribution in [0.15, 0.2) is 48.5 Å². The van der Waals surface area contributed by atoms with Crippen molar-refractivity contribution in [2.45, 2.75) is 6.42 Å². The minimum Gasteiger partial charge on any atom is -0.508 e. The molecule has 0 saturated heterocycles. The highest BCUT2D eigenvalue weighted by Crippen LogP contribution is 2.30. The largest absolute Gasteiger partial charge is 0.508 e. The van der Waals surface area contributed by atoms with Crippen molar-refractivity contribution in [3.8, 4) is 17.2 Å². The lowest BCUT2D eigenvalue weighted by Gasteiger charge is -2.07. The molecular formula is C18H16O4. The van der Waals surface area contributed by atoms with Crippen LogP contribution < -0.4 is 9.47 Å². The zero-order chi connectivity index (χ0) is 15.4. The number of rotatable bonds is 3. The van der Waals surface area contributed by atoms with Crippen LogP contribution in [0.5, 0.6) is 17.2 Å². The van der Waals surface area contributed by atoms with Crippen LogP contribution in [0.3, 0.4) is 0 Å². The van der Waals surface area contributed by atoms with Crippen molar-refractivity contribution in [3.05, 3.63) is 59.7 Å². The molecule has 0 aliphatic carbocycles. The molecule has 1 heterocycles. The summed E-state index contributed by atoms with van der Waals surface area (Å²) in [6.45, 7) is 1.21. The summed E-state index contributed by atoms with van der Waals surface area (Å²) in [5.74, 6) is 1.32. The predicted octanol–water partition coefficient (Wildman–Crippen LogP) is 3.45. The summed E-state index contributed by atoms with van der Waals surface area (Å²) >= 11 is 0. The number of phenolic OH excluding ortho intramolecular Hbond substituents is 1. The van der Waals surface area contributed by atoms with Gasteiger partial charge in [-0.15, -0.1) is 0 Å². The fourth-order valence-electron chi connectivity index (χ4n) is 2.21. The molecule has 0 atom stereocenters.